The Kier molecular flexibility index (Phi) is 5.18. The first-order chi connectivity index (χ1) is 9.81. The number of hydrogen-bond acceptors (Lipinski definition) is 6. The minimum absolute atomic E-state index is 0.000278. The number of benzene rings is 2. The molecule has 2 N–H and O–H groups in total. The highest BCUT2D eigenvalue weighted by Gasteiger charge is 2.06. The fourth-order valence-corrected chi connectivity index (χ4v) is 1.33. The average Bonchev–Trinajstić information content (AvgIpc) is 2.43. The Bertz CT molecular complexity index is 654. The summed E-state index contributed by atoms with van der Waals surface area (Å²) in [5.41, 5.74) is 0.498. The summed E-state index contributed by atoms with van der Waals surface area (Å²) >= 11 is 0. The summed E-state index contributed by atoms with van der Waals surface area (Å²) in [5.74, 6) is 0.112. The Morgan fingerprint density at radius 2 is 1.33 bits per heavy atom. The van der Waals surface area contributed by atoms with Crippen LogP contribution in [0.3, 0.4) is 0 Å². The molecule has 0 bridgehead atoms. The van der Waals surface area contributed by atoms with Crippen molar-refractivity contribution in [3.63, 3.8) is 0 Å². The van der Waals surface area contributed by atoms with Crippen molar-refractivity contribution >= 4 is 11.4 Å². The van der Waals surface area contributed by atoms with Crippen molar-refractivity contribution in [1.82, 2.24) is 0 Å². The largest absolute Gasteiger partial charge is 0.508 e. The van der Waals surface area contributed by atoms with E-state index in [4.69, 9.17) is 10.2 Å². The van der Waals surface area contributed by atoms with Crippen LogP contribution < -0.4 is 0 Å². The van der Waals surface area contributed by atoms with Gasteiger partial charge in [-0.3, -0.25) is 20.2 Å². The second kappa shape index (κ2) is 6.85. The van der Waals surface area contributed by atoms with E-state index in [0.29, 0.717) is 5.56 Å². The van der Waals surface area contributed by atoms with Crippen molar-refractivity contribution in [2.24, 2.45) is 0 Å². The number of rotatable bonds is 2. The smallest absolute Gasteiger partial charge is 0.269 e. The quantitative estimate of drug-likeness (QED) is 0.647. The fraction of sp³-hybridized carbons (Fsp3) is 0.0769. The maximum absolute atomic E-state index is 10.2. The van der Waals surface area contributed by atoms with Crippen molar-refractivity contribution in [3.05, 3.63) is 68.3 Å². The van der Waals surface area contributed by atoms with E-state index < -0.39 is 9.85 Å². The summed E-state index contributed by atoms with van der Waals surface area (Å²) in [5, 5.41) is 37.9. The van der Waals surface area contributed by atoms with Gasteiger partial charge in [0.2, 0.25) is 0 Å². The topological polar surface area (TPSA) is 127 Å². The molecule has 0 amide bonds. The molecule has 8 nitrogen and oxygen atoms in total. The number of phenols is 2. The van der Waals surface area contributed by atoms with Gasteiger partial charge in [0.1, 0.15) is 11.5 Å². The second-order valence-electron chi connectivity index (χ2n) is 4.00. The van der Waals surface area contributed by atoms with Gasteiger partial charge in [0, 0.05) is 24.3 Å². The number of aromatic hydroxyl groups is 2. The molecule has 21 heavy (non-hydrogen) atoms. The lowest BCUT2D eigenvalue weighted by Crippen LogP contribution is -1.87. The number of aryl methyl sites for hydroxylation is 1. The predicted octanol–water partition coefficient (Wildman–Crippen LogP) is 2.91. The molecule has 2 aromatic rings. The summed E-state index contributed by atoms with van der Waals surface area (Å²) in [4.78, 5) is 19.2. The average molecular weight is 292 g/mol. The molecule has 2 rings (SSSR count). The lowest BCUT2D eigenvalue weighted by Gasteiger charge is -1.95. The van der Waals surface area contributed by atoms with Crippen LogP contribution in [0.25, 0.3) is 0 Å². The summed E-state index contributed by atoms with van der Waals surface area (Å²) in [6.07, 6.45) is 0. The van der Waals surface area contributed by atoms with Crippen LogP contribution in [0, 0.1) is 27.2 Å². The summed E-state index contributed by atoms with van der Waals surface area (Å²) in [6.45, 7) is 1.61. The maximum atomic E-state index is 10.2. The van der Waals surface area contributed by atoms with Gasteiger partial charge in [-0.2, -0.15) is 0 Å². The van der Waals surface area contributed by atoms with Crippen LogP contribution in [-0.2, 0) is 0 Å². The van der Waals surface area contributed by atoms with Gasteiger partial charge in [-0.05, 0) is 30.7 Å². The SMILES string of the molecule is Cc1cc([N+](=O)[O-])ccc1O.O=[N+]([O-])c1ccc(O)cc1. The zero-order valence-electron chi connectivity index (χ0n) is 11.0. The first-order valence-electron chi connectivity index (χ1n) is 5.68. The third kappa shape index (κ3) is 4.78. The molecular weight excluding hydrogens is 280 g/mol. The van der Waals surface area contributed by atoms with E-state index in [-0.39, 0.29) is 22.9 Å². The molecule has 0 saturated carbocycles. The molecular formula is C13H12N2O6. The summed E-state index contributed by atoms with van der Waals surface area (Å²) in [7, 11) is 0. The molecule has 110 valence electrons. The van der Waals surface area contributed by atoms with Crippen LogP contribution in [0.1, 0.15) is 5.56 Å². The molecule has 0 atom stereocenters. The van der Waals surface area contributed by atoms with Gasteiger partial charge in [-0.1, -0.05) is 0 Å². The van der Waals surface area contributed by atoms with E-state index in [1.54, 1.807) is 6.92 Å². The molecule has 8 heteroatoms. The van der Waals surface area contributed by atoms with Crippen LogP contribution in [0.2, 0.25) is 0 Å². The Morgan fingerprint density at radius 3 is 1.76 bits per heavy atom. The summed E-state index contributed by atoms with van der Waals surface area (Å²) < 4.78 is 0. The van der Waals surface area contributed by atoms with Gasteiger partial charge in [0.15, 0.2) is 0 Å². The zero-order chi connectivity index (χ0) is 16.0. The van der Waals surface area contributed by atoms with Crippen LogP contribution in [0.15, 0.2) is 42.5 Å². The lowest BCUT2D eigenvalue weighted by molar-refractivity contribution is -0.385. The number of nitro benzene ring substituents is 2. The third-order valence-electron chi connectivity index (χ3n) is 2.45. The normalized spacial score (nSPS) is 9.38. The first-order valence-corrected chi connectivity index (χ1v) is 5.68. The van der Waals surface area contributed by atoms with E-state index in [1.807, 2.05) is 0 Å². The maximum Gasteiger partial charge on any atom is 0.269 e. The number of hydrogen-bond donors (Lipinski definition) is 2. The highest BCUT2D eigenvalue weighted by molar-refractivity contribution is 5.41. The zero-order valence-corrected chi connectivity index (χ0v) is 11.0. The van der Waals surface area contributed by atoms with Gasteiger partial charge in [0.05, 0.1) is 9.85 Å². The molecule has 0 aliphatic rings. The van der Waals surface area contributed by atoms with Crippen molar-refractivity contribution in [2.75, 3.05) is 0 Å². The molecule has 0 unspecified atom stereocenters. The monoisotopic (exact) mass is 292 g/mol. The fourth-order valence-electron chi connectivity index (χ4n) is 1.33. The Morgan fingerprint density at radius 1 is 0.857 bits per heavy atom. The van der Waals surface area contributed by atoms with Crippen LogP contribution in [0.5, 0.6) is 11.5 Å². The van der Waals surface area contributed by atoms with Gasteiger partial charge in [0.25, 0.3) is 11.4 Å². The highest BCUT2D eigenvalue weighted by Crippen LogP contribution is 2.21. The van der Waals surface area contributed by atoms with Gasteiger partial charge >= 0.3 is 0 Å². The van der Waals surface area contributed by atoms with E-state index in [1.165, 1.54) is 42.5 Å². The lowest BCUT2D eigenvalue weighted by atomic mass is 10.2. The van der Waals surface area contributed by atoms with E-state index >= 15 is 0 Å². The molecule has 0 spiro atoms. The van der Waals surface area contributed by atoms with Crippen molar-refractivity contribution in [3.8, 4) is 11.5 Å². The van der Waals surface area contributed by atoms with Crippen molar-refractivity contribution in [1.29, 1.82) is 0 Å². The predicted molar refractivity (Wildman–Crippen MR) is 74.3 cm³/mol. The molecule has 0 saturated heterocycles. The second-order valence-corrected chi connectivity index (χ2v) is 4.00. The molecule has 0 heterocycles. The number of non-ortho nitro benzene ring substituents is 2. The van der Waals surface area contributed by atoms with E-state index in [0.717, 1.165) is 0 Å². The van der Waals surface area contributed by atoms with Gasteiger partial charge < -0.3 is 10.2 Å². The molecule has 0 radical (unpaired) electrons. The minimum Gasteiger partial charge on any atom is -0.508 e. The number of phenolic OH excluding ortho intramolecular Hbond substituents is 2. The Labute approximate surface area is 119 Å². The van der Waals surface area contributed by atoms with E-state index in [9.17, 15) is 20.2 Å². The minimum atomic E-state index is -0.514. The Balaban J connectivity index is 0.000000211. The third-order valence-corrected chi connectivity index (χ3v) is 2.45. The first kappa shape index (κ1) is 15.9. The van der Waals surface area contributed by atoms with E-state index in [2.05, 4.69) is 0 Å². The number of nitrogens with zero attached hydrogens (tertiary/aromatic N) is 2. The standard InChI is InChI=1S/C7H7NO3.C6H5NO3/c1-5-4-6(8(10)11)2-3-7(5)9;8-6-3-1-5(2-4-6)7(9)10/h2-4,9H,1H3;1-4,8H. The van der Waals surface area contributed by atoms with Crippen LogP contribution >= 0.6 is 0 Å². The molecule has 0 aliphatic carbocycles. The molecule has 0 aliphatic heterocycles. The highest BCUT2D eigenvalue weighted by atomic mass is 16.6. The van der Waals surface area contributed by atoms with Crippen LogP contribution in [-0.4, -0.2) is 20.1 Å². The summed E-state index contributed by atoms with van der Waals surface area (Å²) in [6, 6.07) is 8.95. The molecule has 0 fully saturated rings. The Hall–Kier alpha value is -3.16. The van der Waals surface area contributed by atoms with Gasteiger partial charge in [-0.15, -0.1) is 0 Å². The molecule has 0 aromatic heterocycles. The molecule has 2 aromatic carbocycles. The van der Waals surface area contributed by atoms with Crippen molar-refractivity contribution in [2.45, 2.75) is 6.92 Å². The van der Waals surface area contributed by atoms with Gasteiger partial charge in [-0.25, -0.2) is 0 Å². The number of nitro groups is 2. The van der Waals surface area contributed by atoms with Crippen LogP contribution in [0.4, 0.5) is 11.4 Å². The van der Waals surface area contributed by atoms with Crippen molar-refractivity contribution < 1.29 is 20.1 Å².